The molecule has 0 N–H and O–H groups in total. The van der Waals surface area contributed by atoms with Gasteiger partial charge in [0.1, 0.15) is 0 Å². The van der Waals surface area contributed by atoms with Crippen LogP contribution in [0.1, 0.15) is 49.0 Å². The molecule has 0 heterocycles. The van der Waals surface area contributed by atoms with Gasteiger partial charge in [-0.15, -0.1) is 0 Å². The van der Waals surface area contributed by atoms with E-state index in [1.807, 2.05) is 24.3 Å². The zero-order chi connectivity index (χ0) is 17.0. The van der Waals surface area contributed by atoms with Crippen LogP contribution >= 0.6 is 0 Å². The van der Waals surface area contributed by atoms with E-state index in [4.69, 9.17) is 9.47 Å². The Kier molecular flexibility index (Phi) is 5.53. The molecule has 0 aromatic heterocycles. The molecule has 23 heavy (non-hydrogen) atoms. The van der Waals surface area contributed by atoms with E-state index in [1.54, 1.807) is 0 Å². The highest BCUT2D eigenvalue weighted by Gasteiger charge is 2.42. The van der Waals surface area contributed by atoms with E-state index >= 15 is 0 Å². The summed E-state index contributed by atoms with van der Waals surface area (Å²) in [6.07, 6.45) is 0.874. The summed E-state index contributed by atoms with van der Waals surface area (Å²) in [6.45, 7) is 4.98. The fourth-order valence-electron chi connectivity index (χ4n) is 3.04. The van der Waals surface area contributed by atoms with Crippen LogP contribution in [0.25, 0.3) is 0 Å². The lowest BCUT2D eigenvalue weighted by Crippen LogP contribution is -2.41. The molecule has 5 heteroatoms. The van der Waals surface area contributed by atoms with Crippen LogP contribution in [0.5, 0.6) is 0 Å². The Morgan fingerprint density at radius 3 is 2.04 bits per heavy atom. The number of ether oxygens (including phenoxy) is 2. The summed E-state index contributed by atoms with van der Waals surface area (Å²) in [7, 11) is 0. The maximum absolute atomic E-state index is 11.3. The first-order chi connectivity index (χ1) is 10.9. The number of benzene rings is 1. The van der Waals surface area contributed by atoms with Gasteiger partial charge in [-0.05, 0) is 24.8 Å². The van der Waals surface area contributed by atoms with Gasteiger partial charge in [0, 0.05) is 31.2 Å². The van der Waals surface area contributed by atoms with E-state index in [0.717, 1.165) is 12.0 Å². The van der Waals surface area contributed by atoms with Crippen molar-refractivity contribution in [3.8, 4) is 0 Å². The van der Waals surface area contributed by atoms with Crippen molar-refractivity contribution >= 4 is 17.7 Å². The molecule has 0 saturated heterocycles. The van der Waals surface area contributed by atoms with Gasteiger partial charge in [0.25, 0.3) is 0 Å². The summed E-state index contributed by atoms with van der Waals surface area (Å²) in [4.78, 5) is 33.4. The third-order valence-electron chi connectivity index (χ3n) is 4.40. The van der Waals surface area contributed by atoms with E-state index in [9.17, 15) is 14.4 Å². The fraction of sp³-hybridized carbons (Fsp3) is 0.500. The monoisotopic (exact) mass is 318 g/mol. The number of hydrogen-bond donors (Lipinski definition) is 0. The lowest BCUT2D eigenvalue weighted by molar-refractivity contribution is -0.151. The predicted octanol–water partition coefficient (Wildman–Crippen LogP) is 2.74. The van der Waals surface area contributed by atoms with Crippen molar-refractivity contribution in [1.82, 2.24) is 0 Å². The minimum absolute atomic E-state index is 0.0364. The Balaban J connectivity index is 2.05. The molecule has 1 aromatic rings. The van der Waals surface area contributed by atoms with Crippen LogP contribution in [0, 0.1) is 11.8 Å². The van der Waals surface area contributed by atoms with E-state index in [2.05, 4.69) is 0 Å². The van der Waals surface area contributed by atoms with Crippen molar-refractivity contribution in [2.24, 2.45) is 11.8 Å². The molecule has 1 saturated carbocycles. The van der Waals surface area contributed by atoms with Crippen LogP contribution in [0.3, 0.4) is 0 Å². The summed E-state index contributed by atoms with van der Waals surface area (Å²) in [5.41, 5.74) is 1.80. The Bertz CT molecular complexity index is 590. The third-order valence-corrected chi connectivity index (χ3v) is 4.40. The highest BCUT2D eigenvalue weighted by Crippen LogP contribution is 2.47. The number of esters is 2. The van der Waals surface area contributed by atoms with Gasteiger partial charge in [-0.3, -0.25) is 14.4 Å². The molecule has 0 radical (unpaired) electrons. The molecular weight excluding hydrogens is 296 g/mol. The Hall–Kier alpha value is -2.17. The van der Waals surface area contributed by atoms with Gasteiger partial charge in [0.2, 0.25) is 0 Å². The summed E-state index contributed by atoms with van der Waals surface area (Å²) >= 11 is 0. The third kappa shape index (κ3) is 4.41. The van der Waals surface area contributed by atoms with E-state index in [1.165, 1.54) is 20.8 Å². The van der Waals surface area contributed by atoms with E-state index < -0.39 is 0 Å². The topological polar surface area (TPSA) is 69.7 Å². The van der Waals surface area contributed by atoms with Crippen LogP contribution < -0.4 is 0 Å². The first kappa shape index (κ1) is 17.2. The largest absolute Gasteiger partial charge is 0.466 e. The minimum Gasteiger partial charge on any atom is -0.466 e. The van der Waals surface area contributed by atoms with Crippen molar-refractivity contribution in [2.75, 3.05) is 13.2 Å². The number of ketones is 1. The summed E-state index contributed by atoms with van der Waals surface area (Å²) in [5.74, 6) is -0.0123. The average Bonchev–Trinajstić information content (AvgIpc) is 2.46. The SMILES string of the molecule is CC(=O)OC[C@H]1C[C@H](c2ccc(C(C)=O)cc2)[C@H]1COC(C)=O. The number of rotatable bonds is 6. The van der Waals surface area contributed by atoms with Crippen LogP contribution in [-0.4, -0.2) is 30.9 Å². The molecule has 0 spiro atoms. The molecule has 0 amide bonds. The molecular formula is C18H22O5. The van der Waals surface area contributed by atoms with E-state index in [-0.39, 0.29) is 35.5 Å². The lowest BCUT2D eigenvalue weighted by Gasteiger charge is -2.44. The van der Waals surface area contributed by atoms with Crippen molar-refractivity contribution in [2.45, 2.75) is 33.1 Å². The predicted molar refractivity (Wildman–Crippen MR) is 84.1 cm³/mol. The molecule has 124 valence electrons. The van der Waals surface area contributed by atoms with E-state index in [0.29, 0.717) is 18.8 Å². The van der Waals surface area contributed by atoms with Crippen molar-refractivity contribution in [3.63, 3.8) is 0 Å². The van der Waals surface area contributed by atoms with Gasteiger partial charge in [0.05, 0.1) is 13.2 Å². The molecule has 0 aliphatic heterocycles. The number of Topliss-reactive ketones (excluding diaryl/α,β-unsaturated/α-hetero) is 1. The number of carbonyl (C=O) groups is 3. The highest BCUT2D eigenvalue weighted by molar-refractivity contribution is 5.94. The van der Waals surface area contributed by atoms with Crippen LogP contribution in [0.15, 0.2) is 24.3 Å². The molecule has 1 fully saturated rings. The van der Waals surface area contributed by atoms with Crippen LogP contribution in [0.4, 0.5) is 0 Å². The average molecular weight is 318 g/mol. The standard InChI is InChI=1S/C18H22O5/c1-11(19)14-4-6-15(7-5-14)17-8-16(9-22-12(2)20)18(17)10-23-13(3)21/h4-7,16-18H,8-10H2,1-3H3/t16-,17-,18+/m1/s1. The molecule has 3 atom stereocenters. The first-order valence-electron chi connectivity index (χ1n) is 7.76. The van der Waals surface area contributed by atoms with Gasteiger partial charge in [-0.2, -0.15) is 0 Å². The van der Waals surface area contributed by atoms with Gasteiger partial charge in [-0.25, -0.2) is 0 Å². The molecule has 1 aliphatic rings. The highest BCUT2D eigenvalue weighted by atomic mass is 16.5. The van der Waals surface area contributed by atoms with Gasteiger partial charge in [0.15, 0.2) is 5.78 Å². The smallest absolute Gasteiger partial charge is 0.302 e. The normalized spacial score (nSPS) is 22.8. The maximum Gasteiger partial charge on any atom is 0.302 e. The Morgan fingerprint density at radius 2 is 1.52 bits per heavy atom. The minimum atomic E-state index is -0.311. The van der Waals surface area contributed by atoms with Crippen LogP contribution in [-0.2, 0) is 19.1 Å². The number of carbonyl (C=O) groups excluding carboxylic acids is 3. The fourth-order valence-corrected chi connectivity index (χ4v) is 3.04. The van der Waals surface area contributed by atoms with Crippen molar-refractivity contribution in [3.05, 3.63) is 35.4 Å². The zero-order valence-corrected chi connectivity index (χ0v) is 13.7. The Morgan fingerprint density at radius 1 is 0.957 bits per heavy atom. The van der Waals surface area contributed by atoms with Crippen molar-refractivity contribution in [1.29, 1.82) is 0 Å². The zero-order valence-electron chi connectivity index (χ0n) is 13.7. The van der Waals surface area contributed by atoms with Gasteiger partial charge >= 0.3 is 11.9 Å². The maximum atomic E-state index is 11.3. The molecule has 2 rings (SSSR count). The van der Waals surface area contributed by atoms with Crippen molar-refractivity contribution < 1.29 is 23.9 Å². The second kappa shape index (κ2) is 7.40. The van der Waals surface area contributed by atoms with Gasteiger partial charge < -0.3 is 9.47 Å². The summed E-state index contributed by atoms with van der Waals surface area (Å²) < 4.78 is 10.3. The summed E-state index contributed by atoms with van der Waals surface area (Å²) in [5, 5.41) is 0. The van der Waals surface area contributed by atoms with Crippen LogP contribution in [0.2, 0.25) is 0 Å². The Labute approximate surface area is 136 Å². The molecule has 5 nitrogen and oxygen atoms in total. The molecule has 1 aromatic carbocycles. The molecule has 0 unspecified atom stereocenters. The second-order valence-electron chi connectivity index (χ2n) is 6.05. The quantitative estimate of drug-likeness (QED) is 0.596. The first-order valence-corrected chi connectivity index (χ1v) is 7.76. The second-order valence-corrected chi connectivity index (χ2v) is 6.05. The molecule has 0 bridgehead atoms. The van der Waals surface area contributed by atoms with Gasteiger partial charge in [-0.1, -0.05) is 24.3 Å². The lowest BCUT2D eigenvalue weighted by atomic mass is 9.62. The molecule has 1 aliphatic carbocycles. The summed E-state index contributed by atoms with van der Waals surface area (Å²) in [6, 6.07) is 7.54. The number of hydrogen-bond acceptors (Lipinski definition) is 5.